The fraction of sp³-hybridized carbons (Fsp3) is 0.167. The molecule has 2 rings (SSSR count). The summed E-state index contributed by atoms with van der Waals surface area (Å²) < 4.78 is 9.88. The molecule has 0 unspecified atom stereocenters. The summed E-state index contributed by atoms with van der Waals surface area (Å²) in [5, 5.41) is 0.635. The molecule has 0 spiro atoms. The van der Waals surface area contributed by atoms with E-state index in [1.807, 2.05) is 0 Å². The molecular formula is C12H10NO4Y-. The summed E-state index contributed by atoms with van der Waals surface area (Å²) in [6.07, 6.45) is 0. The number of hydrogen-bond donors (Lipinski definition) is 1. The molecular weight excluding hydrogens is 311 g/mol. The fourth-order valence-electron chi connectivity index (χ4n) is 1.46. The van der Waals surface area contributed by atoms with E-state index in [0.29, 0.717) is 10.9 Å². The van der Waals surface area contributed by atoms with Crippen LogP contribution in [-0.4, -0.2) is 5.97 Å². The molecule has 5 nitrogen and oxygen atoms in total. The van der Waals surface area contributed by atoms with Crippen molar-refractivity contribution in [2.45, 2.75) is 13.8 Å². The van der Waals surface area contributed by atoms with Gasteiger partial charge in [-0.15, -0.1) is 5.56 Å². The quantitative estimate of drug-likeness (QED) is 0.372. The summed E-state index contributed by atoms with van der Waals surface area (Å²) in [5.74, 6) is -0.209. The number of benzene rings is 1. The van der Waals surface area contributed by atoms with Gasteiger partial charge in [0.2, 0.25) is 0 Å². The molecule has 0 atom stereocenters. The maximum atomic E-state index is 11.2. The molecule has 0 saturated carbocycles. The minimum absolute atomic E-state index is 0. The molecule has 1 aromatic heterocycles. The van der Waals surface area contributed by atoms with Crippen LogP contribution in [0.1, 0.15) is 12.5 Å². The summed E-state index contributed by atoms with van der Waals surface area (Å²) >= 11 is 0. The Balaban J connectivity index is 0.00000162. The Kier molecular flexibility index (Phi) is 4.65. The molecule has 2 N–H and O–H groups in total. The first-order valence-corrected chi connectivity index (χ1v) is 4.92. The van der Waals surface area contributed by atoms with Crippen molar-refractivity contribution < 1.29 is 46.7 Å². The van der Waals surface area contributed by atoms with Gasteiger partial charge in [-0.1, -0.05) is 24.4 Å². The zero-order chi connectivity index (χ0) is 12.6. The number of aryl methyl sites for hydroxylation is 1. The van der Waals surface area contributed by atoms with Crippen LogP contribution in [0.2, 0.25) is 0 Å². The van der Waals surface area contributed by atoms with E-state index in [4.69, 9.17) is 14.9 Å². The number of hydrogen-bond acceptors (Lipinski definition) is 5. The maximum Gasteiger partial charge on any atom is 0.356 e. The summed E-state index contributed by atoms with van der Waals surface area (Å²) in [6.45, 7) is 3.05. The van der Waals surface area contributed by atoms with Gasteiger partial charge in [-0.25, -0.2) is 4.79 Å². The average Bonchev–Trinajstić information content (AvgIpc) is 2.22. The van der Waals surface area contributed by atoms with Crippen LogP contribution in [0.15, 0.2) is 21.3 Å². The molecule has 91 valence electrons. The molecule has 0 aliphatic heterocycles. The van der Waals surface area contributed by atoms with E-state index in [-0.39, 0.29) is 49.7 Å². The second-order valence-corrected chi connectivity index (χ2v) is 3.65. The third kappa shape index (κ3) is 2.97. The van der Waals surface area contributed by atoms with E-state index in [0.717, 1.165) is 0 Å². The van der Waals surface area contributed by atoms with Gasteiger partial charge in [-0.05, 0) is 0 Å². The fourth-order valence-corrected chi connectivity index (χ4v) is 1.46. The van der Waals surface area contributed by atoms with Crippen LogP contribution in [0.5, 0.6) is 5.75 Å². The van der Waals surface area contributed by atoms with E-state index >= 15 is 0 Å². The molecule has 1 aromatic carbocycles. The number of carbonyl (C=O) groups excluding carboxylic acids is 1. The van der Waals surface area contributed by atoms with E-state index in [9.17, 15) is 9.59 Å². The normalized spacial score (nSPS) is 9.89. The SMILES string of the molecule is CC(=O)Oc1[c-]c2oc(=O)c(N)cc2cc1C.[Y]. The van der Waals surface area contributed by atoms with Crippen molar-refractivity contribution in [2.75, 3.05) is 5.73 Å². The molecule has 0 aliphatic rings. The molecule has 6 heteroatoms. The third-order valence-electron chi connectivity index (χ3n) is 2.21. The van der Waals surface area contributed by atoms with Crippen LogP contribution >= 0.6 is 0 Å². The topological polar surface area (TPSA) is 82.5 Å². The van der Waals surface area contributed by atoms with Crippen LogP contribution < -0.4 is 16.1 Å². The number of nitrogens with two attached hydrogens (primary N) is 1. The molecule has 18 heavy (non-hydrogen) atoms. The second-order valence-electron chi connectivity index (χ2n) is 3.65. The molecule has 1 heterocycles. The minimum atomic E-state index is -0.633. The van der Waals surface area contributed by atoms with Gasteiger partial charge in [-0.3, -0.25) is 4.79 Å². The van der Waals surface area contributed by atoms with Crippen LogP contribution in [-0.2, 0) is 37.5 Å². The van der Waals surface area contributed by atoms with Crippen molar-refractivity contribution in [3.05, 3.63) is 34.2 Å². The number of anilines is 1. The summed E-state index contributed by atoms with van der Waals surface area (Å²) in [7, 11) is 0. The van der Waals surface area contributed by atoms with E-state index in [1.165, 1.54) is 13.0 Å². The zero-order valence-electron chi connectivity index (χ0n) is 9.94. The Morgan fingerprint density at radius 3 is 2.72 bits per heavy atom. The molecule has 1 radical (unpaired) electrons. The van der Waals surface area contributed by atoms with Crippen LogP contribution in [0.4, 0.5) is 5.69 Å². The standard InChI is InChI=1S/C12H10NO4.Y/c1-6-3-8-4-9(13)12(15)17-11(8)5-10(6)16-7(2)14;/h3-4H,13H2,1-2H3;/q-1;. The van der Waals surface area contributed by atoms with Crippen molar-refractivity contribution in [3.63, 3.8) is 0 Å². The third-order valence-corrected chi connectivity index (χ3v) is 2.21. The maximum absolute atomic E-state index is 11.2. The van der Waals surface area contributed by atoms with E-state index in [2.05, 4.69) is 6.07 Å². The number of fused-ring (bicyclic) bond motifs is 1. The van der Waals surface area contributed by atoms with Crippen LogP contribution in [0.25, 0.3) is 11.0 Å². The van der Waals surface area contributed by atoms with Gasteiger partial charge in [0.05, 0.1) is 0 Å². The van der Waals surface area contributed by atoms with E-state index < -0.39 is 11.6 Å². The molecule has 0 fully saturated rings. The predicted molar refractivity (Wildman–Crippen MR) is 61.8 cm³/mol. The van der Waals surface area contributed by atoms with Gasteiger partial charge < -0.3 is 14.9 Å². The molecule has 0 saturated heterocycles. The van der Waals surface area contributed by atoms with Gasteiger partial charge in [0.15, 0.2) is 0 Å². The van der Waals surface area contributed by atoms with Gasteiger partial charge in [0.1, 0.15) is 5.69 Å². The molecule has 2 aromatic rings. The molecule has 0 amide bonds. The molecule has 0 aliphatic carbocycles. The minimum Gasteiger partial charge on any atom is -0.453 e. The Morgan fingerprint density at radius 2 is 2.11 bits per heavy atom. The van der Waals surface area contributed by atoms with E-state index in [1.54, 1.807) is 13.0 Å². The summed E-state index contributed by atoms with van der Waals surface area (Å²) in [5.41, 5.74) is 5.77. The second kappa shape index (κ2) is 5.63. The number of carbonyl (C=O) groups is 1. The summed E-state index contributed by atoms with van der Waals surface area (Å²) in [4.78, 5) is 22.1. The van der Waals surface area contributed by atoms with Crippen molar-refractivity contribution in [2.24, 2.45) is 0 Å². The van der Waals surface area contributed by atoms with Crippen molar-refractivity contribution >= 4 is 22.6 Å². The monoisotopic (exact) mass is 321 g/mol. The van der Waals surface area contributed by atoms with Crippen molar-refractivity contribution in [3.8, 4) is 5.75 Å². The Hall–Kier alpha value is -1.20. The summed E-state index contributed by atoms with van der Waals surface area (Å²) in [6, 6.07) is 5.94. The largest absolute Gasteiger partial charge is 0.453 e. The molecule has 0 bridgehead atoms. The first-order chi connectivity index (χ1) is 7.97. The smallest absolute Gasteiger partial charge is 0.356 e. The number of nitrogen functional groups attached to an aromatic ring is 1. The Morgan fingerprint density at radius 1 is 1.44 bits per heavy atom. The van der Waals surface area contributed by atoms with Gasteiger partial charge in [0, 0.05) is 51.0 Å². The average molecular weight is 321 g/mol. The Bertz CT molecular complexity index is 663. The first-order valence-electron chi connectivity index (χ1n) is 4.92. The van der Waals surface area contributed by atoms with Crippen LogP contribution in [0.3, 0.4) is 0 Å². The van der Waals surface area contributed by atoms with Gasteiger partial charge >= 0.3 is 11.6 Å². The predicted octanol–water partition coefficient (Wildman–Crippen LogP) is 1.41. The van der Waals surface area contributed by atoms with Crippen LogP contribution in [0, 0.1) is 13.0 Å². The Labute approximate surface area is 128 Å². The van der Waals surface area contributed by atoms with Gasteiger partial charge in [-0.2, -0.15) is 6.07 Å². The number of rotatable bonds is 1. The first kappa shape index (κ1) is 14.9. The van der Waals surface area contributed by atoms with Gasteiger partial charge in [0.25, 0.3) is 0 Å². The van der Waals surface area contributed by atoms with Crippen molar-refractivity contribution in [1.82, 2.24) is 0 Å². The number of esters is 1. The zero-order valence-corrected chi connectivity index (χ0v) is 12.8. The van der Waals surface area contributed by atoms with Crippen molar-refractivity contribution in [1.29, 1.82) is 0 Å². The number of ether oxygens (including phenoxy) is 1.